The Bertz CT molecular complexity index is 7.61. The number of rotatable bonds is 0. The van der Waals surface area contributed by atoms with E-state index in [2.05, 4.69) is 0 Å². The van der Waals surface area contributed by atoms with E-state index in [0.717, 1.165) is 0 Å². The highest BCUT2D eigenvalue weighted by Gasteiger charge is 0.00400. The highest BCUT2D eigenvalue weighted by Crippen LogP contribution is 0.861. The average Bonchev–Trinajstić information content (AvgIpc) is 0. The molecule has 0 N–H and O–H groups in total. The lowest BCUT2D eigenvalue weighted by molar-refractivity contribution is 0.686. The van der Waals surface area contributed by atoms with Crippen molar-refractivity contribution in [1.82, 2.24) is 0 Å². The van der Waals surface area contributed by atoms with Crippen LogP contribution < -0.4 is 0 Å². The van der Waals surface area contributed by atoms with Crippen LogP contribution in [0.1, 0.15) is 0 Å². The summed E-state index contributed by atoms with van der Waals surface area (Å²) < 4.78 is 0. The van der Waals surface area contributed by atoms with E-state index in [0.29, 0.717) is 0 Å². The fraction of sp³-hybridized carbons (Fsp3) is 0. The van der Waals surface area contributed by atoms with Gasteiger partial charge >= 0.3 is 0 Å². The first-order valence-corrected chi connectivity index (χ1v) is 0. The van der Waals surface area contributed by atoms with Gasteiger partial charge in [-0.05, 0) is 0 Å². The van der Waals surface area contributed by atoms with E-state index in [4.69, 9.17) is 0 Å². The van der Waals surface area contributed by atoms with Gasteiger partial charge in [-0.1, -0.05) is 0 Å². The van der Waals surface area contributed by atoms with Gasteiger partial charge in [0.25, 0.3) is 0 Å². The third-order valence-electron chi connectivity index (χ3n) is 0. The van der Waals surface area contributed by atoms with Crippen molar-refractivity contribution < 1.29 is 11.0 Å². The fourth-order valence-corrected chi connectivity index (χ4v) is 0. The predicted octanol–water partition coefficient (Wildman–Crippen LogP) is 0.786. The van der Waals surface area contributed by atoms with Crippen molar-refractivity contribution in [2.24, 2.45) is 0 Å². The molecule has 0 heterocycles. The molecule has 0 amide bonds. The molecule has 0 aliphatic rings. The largest absolute Gasteiger partial charge is 0 e. The first-order valence-electron chi connectivity index (χ1n) is 0. The Morgan fingerprint density at radius 2 is 0.600 bits per heavy atom. The molecule has 0 aromatic heterocycles. The molecule has 0 saturated heterocycles. The minimum Gasteiger partial charge on any atom is 0 e. The van der Waals surface area contributed by atoms with Gasteiger partial charge in [-0.25, -0.2) is 0 Å². The molecule has 0 spiro atoms. The first-order chi connectivity index (χ1) is 0. The molecule has 0 aromatic carbocycles. The van der Waals surface area contributed by atoms with Crippen LogP contribution in [-0.4, -0.2) is 0 Å². The predicted molar refractivity (Wildman–Crippen MR) is 14.8 cm³/mol. The Balaban J connectivity index is 0. The van der Waals surface area contributed by atoms with E-state index in [1.54, 1.807) is 0 Å². The Labute approximate surface area is 36.8 Å². The highest BCUT2D eigenvalue weighted by molar-refractivity contribution is 6.92. The van der Waals surface area contributed by atoms with Crippen LogP contribution in [0.25, 0.3) is 0 Å². The zero-order valence-electron chi connectivity index (χ0n) is 2.26. The summed E-state index contributed by atoms with van der Waals surface area (Å²) in [5.74, 6) is 0. The summed E-state index contributed by atoms with van der Waals surface area (Å²) in [4.78, 5) is 0. The molecule has 0 fully saturated rings. The maximum Gasteiger partial charge on any atom is 0 e. The Kier molecular flexibility index (Phi) is 65900. The van der Waals surface area contributed by atoms with E-state index in [9.17, 15) is 0 Å². The molecule has 3 heteroatoms. The SMILES string of the molecule is [C].[C].[O].[O].[P]. The molecular formula is C2O2P. The van der Waals surface area contributed by atoms with Crippen LogP contribution in [0.4, 0.5) is 0 Å². The molecule has 0 saturated carbocycles. The van der Waals surface area contributed by atoms with Crippen molar-refractivity contribution in [2.75, 3.05) is 0 Å². The molecule has 0 aliphatic heterocycles. The molecule has 0 aliphatic carbocycles. The number of hydrogen-bond acceptors (Lipinski definition) is 0. The monoisotopic (exact) mass is 87.0 g/mol. The minimum absolute atomic E-state index is 0. The highest BCUT2D eigenvalue weighted by atomic mass is 31.0. The average molecular weight is 87.0 g/mol. The summed E-state index contributed by atoms with van der Waals surface area (Å²) in [7, 11) is 0. The van der Waals surface area contributed by atoms with E-state index >= 15 is 0 Å². The van der Waals surface area contributed by atoms with E-state index in [1.807, 2.05) is 0 Å². The molecule has 0 unspecified atom stereocenters. The standard InChI is InChI=1S/2C.2O.P. The van der Waals surface area contributed by atoms with E-state index in [-0.39, 0.29) is 35.7 Å². The summed E-state index contributed by atoms with van der Waals surface area (Å²) in [6.07, 6.45) is 0. The van der Waals surface area contributed by atoms with Crippen molar-refractivity contribution in [3.8, 4) is 0 Å². The lowest BCUT2D eigenvalue weighted by Crippen LogP contribution is -0.120. The lowest BCUT2D eigenvalue weighted by Gasteiger charge is -0.00100. The molecule has 0 bridgehead atoms. The van der Waals surface area contributed by atoms with Gasteiger partial charge in [-0.15, -0.1) is 0 Å². The van der Waals surface area contributed by atoms with Crippen molar-refractivity contribution in [2.45, 2.75) is 0 Å². The van der Waals surface area contributed by atoms with Crippen LogP contribution in [-0.2, 0) is 11.0 Å². The lowest BCUT2D eigenvalue weighted by atomic mass is 12.0. The second-order valence-corrected chi connectivity index (χ2v) is 0. The topological polar surface area (TPSA) is 57.0 Å². The second kappa shape index (κ2) is 399. The molecule has 25 valence electrons. The molecule has 0 aromatic rings. The molecule has 0 atom stereocenters. The van der Waals surface area contributed by atoms with Gasteiger partial charge in [0.05, 0.1) is 0 Å². The normalized spacial score (nSPS) is 0. The summed E-state index contributed by atoms with van der Waals surface area (Å²) >= 11 is 0. The van der Waals surface area contributed by atoms with Gasteiger partial charge in [0.15, 0.2) is 0 Å². The molecule has 15 radical (unpaired) electrons. The fourth-order valence-electron chi connectivity index (χ4n) is 0. The maximum atomic E-state index is 0. The summed E-state index contributed by atoms with van der Waals surface area (Å²) in [5, 5.41) is 0. The molecule has 5 heavy (non-hydrogen) atoms. The summed E-state index contributed by atoms with van der Waals surface area (Å²) in [5.41, 5.74) is 0. The van der Waals surface area contributed by atoms with Crippen molar-refractivity contribution in [1.29, 1.82) is 0 Å². The third kappa shape index (κ3) is 196. The summed E-state index contributed by atoms with van der Waals surface area (Å²) in [6, 6.07) is 0. The van der Waals surface area contributed by atoms with Gasteiger partial charge in [0.2, 0.25) is 0 Å². The van der Waals surface area contributed by atoms with Crippen LogP contribution in [0.2, 0.25) is 0 Å². The first kappa shape index (κ1) is 826. The van der Waals surface area contributed by atoms with Gasteiger partial charge in [0.1, 0.15) is 0 Å². The quantitative estimate of drug-likeness (QED) is 0.392. The van der Waals surface area contributed by atoms with Crippen molar-refractivity contribution in [3.63, 3.8) is 0 Å². The van der Waals surface area contributed by atoms with Crippen molar-refractivity contribution >= 4 is 9.90 Å². The zero-order chi connectivity index (χ0) is 0. The molecule has 0 rings (SSSR count). The Morgan fingerprint density at radius 1 is 0.600 bits per heavy atom. The second-order valence-electron chi connectivity index (χ2n) is 0. The smallest absolute Gasteiger partial charge is 0 e. The van der Waals surface area contributed by atoms with Gasteiger partial charge in [-0.2, -0.15) is 0 Å². The van der Waals surface area contributed by atoms with E-state index < -0.39 is 0 Å². The van der Waals surface area contributed by atoms with Crippen LogP contribution >= 0.6 is 9.90 Å². The zero-order valence-corrected chi connectivity index (χ0v) is 3.16. The number of hydrogen-bond donors (Lipinski definition) is 0. The van der Waals surface area contributed by atoms with Gasteiger partial charge in [-0.3, -0.25) is 0 Å². The summed E-state index contributed by atoms with van der Waals surface area (Å²) in [6.45, 7) is 0. The van der Waals surface area contributed by atoms with Crippen molar-refractivity contribution in [3.05, 3.63) is 14.9 Å². The Hall–Kier alpha value is 0.350. The third-order valence-corrected chi connectivity index (χ3v) is 0. The minimum atomic E-state index is 0. The van der Waals surface area contributed by atoms with Crippen LogP contribution in [0, 0.1) is 14.9 Å². The molecular weight excluding hydrogens is 87.0 g/mol. The molecule has 2 nitrogen and oxygen atoms in total. The van der Waals surface area contributed by atoms with E-state index in [1.165, 1.54) is 0 Å². The maximum absolute atomic E-state index is 0. The van der Waals surface area contributed by atoms with Crippen LogP contribution in [0.15, 0.2) is 0 Å². The van der Waals surface area contributed by atoms with Crippen LogP contribution in [0.3, 0.4) is 0 Å². The van der Waals surface area contributed by atoms with Gasteiger partial charge in [0, 0.05) is 35.7 Å². The Morgan fingerprint density at radius 3 is 0.600 bits per heavy atom. The van der Waals surface area contributed by atoms with Gasteiger partial charge < -0.3 is 0 Å². The van der Waals surface area contributed by atoms with Crippen LogP contribution in [0.5, 0.6) is 0 Å².